The number of rotatable bonds is 8. The van der Waals surface area contributed by atoms with Gasteiger partial charge in [-0.25, -0.2) is 4.79 Å². The molecule has 0 saturated carbocycles. The number of anilines is 1. The summed E-state index contributed by atoms with van der Waals surface area (Å²) in [4.78, 5) is 36.7. The number of methoxy groups -OCH3 is 1. The molecule has 3 aromatic carbocycles. The SMILES string of the molecule is CCc1ccc(C(=O)COC(=O)c2ccc(NC(=O)c3ccc(OC)cc3)cc2)cc1. The predicted octanol–water partition coefficient (Wildman–Crippen LogP) is 4.55. The summed E-state index contributed by atoms with van der Waals surface area (Å²) in [6, 6.07) is 20.2. The van der Waals surface area contributed by atoms with Gasteiger partial charge in [-0.1, -0.05) is 31.2 Å². The number of nitrogens with one attached hydrogen (secondary N) is 1. The van der Waals surface area contributed by atoms with Crippen LogP contribution in [0.4, 0.5) is 5.69 Å². The molecule has 0 atom stereocenters. The zero-order valence-electron chi connectivity index (χ0n) is 17.4. The van der Waals surface area contributed by atoms with Crippen LogP contribution in [0.25, 0.3) is 0 Å². The Kier molecular flexibility index (Phi) is 7.17. The number of aryl methyl sites for hydroxylation is 1. The van der Waals surface area contributed by atoms with Crippen molar-refractivity contribution in [1.29, 1.82) is 0 Å². The fraction of sp³-hybridized carbons (Fsp3) is 0.160. The zero-order chi connectivity index (χ0) is 22.2. The van der Waals surface area contributed by atoms with Crippen molar-refractivity contribution in [2.24, 2.45) is 0 Å². The van der Waals surface area contributed by atoms with Crippen molar-refractivity contribution in [1.82, 2.24) is 0 Å². The molecule has 0 aliphatic heterocycles. The first-order valence-corrected chi connectivity index (χ1v) is 9.85. The lowest BCUT2D eigenvalue weighted by molar-refractivity contribution is 0.0475. The van der Waals surface area contributed by atoms with Gasteiger partial charge in [0.05, 0.1) is 12.7 Å². The van der Waals surface area contributed by atoms with Gasteiger partial charge in [-0.15, -0.1) is 0 Å². The number of benzene rings is 3. The fourth-order valence-corrected chi connectivity index (χ4v) is 2.86. The summed E-state index contributed by atoms with van der Waals surface area (Å²) in [6.07, 6.45) is 0.889. The predicted molar refractivity (Wildman–Crippen MR) is 118 cm³/mol. The highest BCUT2D eigenvalue weighted by Gasteiger charge is 2.13. The molecular formula is C25H23NO5. The Bertz CT molecular complexity index is 1050. The van der Waals surface area contributed by atoms with Crippen molar-refractivity contribution >= 4 is 23.3 Å². The van der Waals surface area contributed by atoms with Gasteiger partial charge in [0.25, 0.3) is 5.91 Å². The molecule has 0 radical (unpaired) electrons. The van der Waals surface area contributed by atoms with Crippen LogP contribution in [0, 0.1) is 0 Å². The molecule has 0 aromatic heterocycles. The highest BCUT2D eigenvalue weighted by atomic mass is 16.5. The maximum absolute atomic E-state index is 12.3. The lowest BCUT2D eigenvalue weighted by Gasteiger charge is -2.08. The Hall–Kier alpha value is -3.93. The average Bonchev–Trinajstić information content (AvgIpc) is 2.82. The molecule has 0 aliphatic rings. The molecular weight excluding hydrogens is 394 g/mol. The monoisotopic (exact) mass is 417 g/mol. The summed E-state index contributed by atoms with van der Waals surface area (Å²) in [5.41, 5.74) is 2.94. The van der Waals surface area contributed by atoms with Crippen LogP contribution >= 0.6 is 0 Å². The number of hydrogen-bond acceptors (Lipinski definition) is 5. The van der Waals surface area contributed by atoms with Gasteiger partial charge in [-0.2, -0.15) is 0 Å². The van der Waals surface area contributed by atoms with Crippen LogP contribution in [0.3, 0.4) is 0 Å². The van der Waals surface area contributed by atoms with Gasteiger partial charge < -0.3 is 14.8 Å². The van der Waals surface area contributed by atoms with Crippen LogP contribution in [0.5, 0.6) is 5.75 Å². The third kappa shape index (κ3) is 5.79. The zero-order valence-corrected chi connectivity index (χ0v) is 17.4. The highest BCUT2D eigenvalue weighted by molar-refractivity contribution is 6.04. The summed E-state index contributed by atoms with van der Waals surface area (Å²) in [5.74, 6) is -0.487. The highest BCUT2D eigenvalue weighted by Crippen LogP contribution is 2.15. The van der Waals surface area contributed by atoms with Gasteiger partial charge in [-0.05, 0) is 60.5 Å². The van der Waals surface area contributed by atoms with E-state index in [4.69, 9.17) is 9.47 Å². The van der Waals surface area contributed by atoms with E-state index in [1.54, 1.807) is 55.6 Å². The summed E-state index contributed by atoms with van der Waals surface area (Å²) < 4.78 is 10.2. The van der Waals surface area contributed by atoms with E-state index in [9.17, 15) is 14.4 Å². The number of Topliss-reactive ketones (excluding diaryl/α,β-unsaturated/α-hetero) is 1. The first-order valence-electron chi connectivity index (χ1n) is 9.85. The second-order valence-electron chi connectivity index (χ2n) is 6.81. The first kappa shape index (κ1) is 21.8. The molecule has 0 bridgehead atoms. The fourth-order valence-electron chi connectivity index (χ4n) is 2.86. The van der Waals surface area contributed by atoms with Gasteiger partial charge in [0.15, 0.2) is 12.4 Å². The minimum absolute atomic E-state index is 0.264. The van der Waals surface area contributed by atoms with Crippen molar-refractivity contribution in [2.75, 3.05) is 19.0 Å². The van der Waals surface area contributed by atoms with Crippen LogP contribution in [0.1, 0.15) is 43.6 Å². The molecule has 0 spiro atoms. The van der Waals surface area contributed by atoms with Gasteiger partial charge in [0.1, 0.15) is 5.75 Å². The minimum Gasteiger partial charge on any atom is -0.497 e. The molecule has 6 heteroatoms. The van der Waals surface area contributed by atoms with E-state index in [0.717, 1.165) is 12.0 Å². The minimum atomic E-state index is -0.605. The Morgan fingerprint density at radius 3 is 1.94 bits per heavy atom. The number of carbonyl (C=O) groups is 3. The number of amides is 1. The van der Waals surface area contributed by atoms with Crippen LogP contribution in [-0.2, 0) is 11.2 Å². The molecule has 3 rings (SSSR count). The molecule has 0 fully saturated rings. The second-order valence-corrected chi connectivity index (χ2v) is 6.81. The molecule has 0 heterocycles. The van der Waals surface area contributed by atoms with Crippen LogP contribution in [0.15, 0.2) is 72.8 Å². The summed E-state index contributed by atoms with van der Waals surface area (Å²) in [6.45, 7) is 1.70. The van der Waals surface area contributed by atoms with Crippen LogP contribution < -0.4 is 10.1 Å². The van der Waals surface area contributed by atoms with Gasteiger partial charge in [0.2, 0.25) is 0 Å². The van der Waals surface area contributed by atoms with Gasteiger partial charge in [-0.3, -0.25) is 9.59 Å². The largest absolute Gasteiger partial charge is 0.497 e. The first-order chi connectivity index (χ1) is 15.0. The van der Waals surface area contributed by atoms with Crippen LogP contribution in [0.2, 0.25) is 0 Å². The molecule has 1 N–H and O–H groups in total. The summed E-state index contributed by atoms with van der Waals surface area (Å²) in [7, 11) is 1.56. The summed E-state index contributed by atoms with van der Waals surface area (Å²) >= 11 is 0. The Morgan fingerprint density at radius 1 is 0.774 bits per heavy atom. The summed E-state index contributed by atoms with van der Waals surface area (Å²) in [5, 5.41) is 2.76. The van der Waals surface area contributed by atoms with E-state index in [1.165, 1.54) is 12.1 Å². The maximum atomic E-state index is 12.3. The van der Waals surface area contributed by atoms with Crippen LogP contribution in [-0.4, -0.2) is 31.4 Å². The van der Waals surface area contributed by atoms with Crippen molar-refractivity contribution in [3.63, 3.8) is 0 Å². The molecule has 31 heavy (non-hydrogen) atoms. The number of hydrogen-bond donors (Lipinski definition) is 1. The standard InChI is InChI=1S/C25H23NO5/c1-3-17-4-6-18(7-5-17)23(27)16-31-25(29)20-8-12-21(13-9-20)26-24(28)19-10-14-22(30-2)15-11-19/h4-15H,3,16H2,1-2H3,(H,26,28). The smallest absolute Gasteiger partial charge is 0.338 e. The number of carbonyl (C=O) groups excluding carboxylic acids is 3. The quantitative estimate of drug-likeness (QED) is 0.430. The average molecular weight is 417 g/mol. The Morgan fingerprint density at radius 2 is 1.35 bits per heavy atom. The topological polar surface area (TPSA) is 81.7 Å². The molecule has 158 valence electrons. The van der Waals surface area contributed by atoms with Gasteiger partial charge in [0, 0.05) is 16.8 Å². The van der Waals surface area contributed by atoms with E-state index < -0.39 is 5.97 Å². The van der Waals surface area contributed by atoms with Gasteiger partial charge >= 0.3 is 5.97 Å². The number of esters is 1. The number of ether oxygens (including phenoxy) is 2. The molecule has 3 aromatic rings. The second kappa shape index (κ2) is 10.2. The molecule has 1 amide bonds. The molecule has 0 aliphatic carbocycles. The van der Waals surface area contributed by atoms with Crippen molar-refractivity contribution < 1.29 is 23.9 Å². The molecule has 6 nitrogen and oxygen atoms in total. The maximum Gasteiger partial charge on any atom is 0.338 e. The van der Waals surface area contributed by atoms with E-state index in [1.807, 2.05) is 19.1 Å². The van der Waals surface area contributed by atoms with E-state index in [0.29, 0.717) is 22.6 Å². The van der Waals surface area contributed by atoms with Crippen molar-refractivity contribution in [3.05, 3.63) is 95.1 Å². The third-order valence-corrected chi connectivity index (χ3v) is 4.75. The van der Waals surface area contributed by atoms with E-state index in [2.05, 4.69) is 5.32 Å². The lowest BCUT2D eigenvalue weighted by atomic mass is 10.1. The Balaban J connectivity index is 1.54. The molecule has 0 unspecified atom stereocenters. The molecule has 0 saturated heterocycles. The van der Waals surface area contributed by atoms with Crippen molar-refractivity contribution in [2.45, 2.75) is 13.3 Å². The number of ketones is 1. The lowest BCUT2D eigenvalue weighted by Crippen LogP contribution is -2.15. The van der Waals surface area contributed by atoms with E-state index >= 15 is 0 Å². The Labute approximate surface area is 180 Å². The van der Waals surface area contributed by atoms with E-state index in [-0.39, 0.29) is 23.9 Å². The third-order valence-electron chi connectivity index (χ3n) is 4.75. The normalized spacial score (nSPS) is 10.3. The van der Waals surface area contributed by atoms with Crippen molar-refractivity contribution in [3.8, 4) is 5.75 Å².